The predicted molar refractivity (Wildman–Crippen MR) is 101 cm³/mol. The molecule has 3 rings (SSSR count). The van der Waals surface area contributed by atoms with Crippen molar-refractivity contribution in [1.82, 2.24) is 0 Å². The molecule has 0 fully saturated rings. The summed E-state index contributed by atoms with van der Waals surface area (Å²) in [7, 11) is 0. The van der Waals surface area contributed by atoms with Gasteiger partial charge < -0.3 is 14.6 Å². The maximum atomic E-state index is 14.3. The van der Waals surface area contributed by atoms with E-state index in [-0.39, 0.29) is 25.0 Å². The van der Waals surface area contributed by atoms with Gasteiger partial charge >= 0.3 is 5.97 Å². The lowest BCUT2D eigenvalue weighted by atomic mass is 10.0. The normalized spacial score (nSPS) is 14.5. The Morgan fingerprint density at radius 2 is 1.93 bits per heavy atom. The molecule has 0 unspecified atom stereocenters. The molecular weight excluding hydrogens is 390 g/mol. The smallest absolute Gasteiger partial charge is 0.303 e. The molecular formula is C21H21ClF2O4. The zero-order valence-corrected chi connectivity index (χ0v) is 16.4. The van der Waals surface area contributed by atoms with Crippen LogP contribution in [0.15, 0.2) is 24.3 Å². The highest BCUT2D eigenvalue weighted by atomic mass is 35.5. The molecule has 0 amide bonds. The maximum Gasteiger partial charge on any atom is 0.303 e. The van der Waals surface area contributed by atoms with Crippen molar-refractivity contribution in [3.63, 3.8) is 0 Å². The first-order chi connectivity index (χ1) is 13.1. The molecule has 1 aliphatic rings. The number of aryl methyl sites for hydroxylation is 1. The monoisotopic (exact) mass is 410 g/mol. The van der Waals surface area contributed by atoms with Crippen LogP contribution in [0.2, 0.25) is 5.02 Å². The highest BCUT2D eigenvalue weighted by molar-refractivity contribution is 6.30. The van der Waals surface area contributed by atoms with E-state index in [2.05, 4.69) is 0 Å². The summed E-state index contributed by atoms with van der Waals surface area (Å²) in [5.41, 5.74) is 1.57. The summed E-state index contributed by atoms with van der Waals surface area (Å²) in [5.74, 6) is -2.44. The van der Waals surface area contributed by atoms with E-state index in [1.807, 2.05) is 19.9 Å². The minimum atomic E-state index is -0.944. The summed E-state index contributed by atoms with van der Waals surface area (Å²) in [6.45, 7) is 3.81. The number of hydrogen-bond donors (Lipinski definition) is 1. The fraction of sp³-hybridized carbons (Fsp3) is 0.381. The van der Waals surface area contributed by atoms with Crippen LogP contribution in [0.3, 0.4) is 0 Å². The van der Waals surface area contributed by atoms with Gasteiger partial charge in [-0.15, -0.1) is 0 Å². The number of fused-ring (bicyclic) bond motifs is 1. The Morgan fingerprint density at radius 1 is 1.25 bits per heavy atom. The third-order valence-corrected chi connectivity index (χ3v) is 4.71. The Bertz CT molecular complexity index is 889. The molecule has 0 spiro atoms. The molecule has 0 radical (unpaired) electrons. The minimum absolute atomic E-state index is 0.0578. The summed E-state index contributed by atoms with van der Waals surface area (Å²) in [5, 5.41) is 9.16. The van der Waals surface area contributed by atoms with Crippen LogP contribution in [0.25, 0.3) is 0 Å². The lowest BCUT2D eigenvalue weighted by molar-refractivity contribution is -0.137. The van der Waals surface area contributed by atoms with Gasteiger partial charge in [-0.1, -0.05) is 11.6 Å². The van der Waals surface area contributed by atoms with Crippen LogP contribution in [-0.4, -0.2) is 16.7 Å². The number of carboxylic acids is 1. The van der Waals surface area contributed by atoms with Crippen molar-refractivity contribution in [2.24, 2.45) is 0 Å². The molecule has 0 bridgehead atoms. The second-order valence-corrected chi connectivity index (χ2v) is 7.95. The van der Waals surface area contributed by atoms with Gasteiger partial charge in [0.2, 0.25) is 0 Å². The maximum absolute atomic E-state index is 14.3. The molecule has 150 valence electrons. The number of aliphatic carboxylic acids is 1. The summed E-state index contributed by atoms with van der Waals surface area (Å²) in [6.07, 6.45) is 1.20. The van der Waals surface area contributed by atoms with Gasteiger partial charge in [-0.25, -0.2) is 8.78 Å². The quantitative estimate of drug-likeness (QED) is 0.671. The van der Waals surface area contributed by atoms with Gasteiger partial charge in [-0.05, 0) is 62.1 Å². The zero-order chi connectivity index (χ0) is 20.5. The van der Waals surface area contributed by atoms with Gasteiger partial charge in [0.15, 0.2) is 17.4 Å². The minimum Gasteiger partial charge on any atom is -0.487 e. The van der Waals surface area contributed by atoms with Gasteiger partial charge in [0, 0.05) is 23.4 Å². The van der Waals surface area contributed by atoms with Gasteiger partial charge in [0.1, 0.15) is 18.0 Å². The molecule has 1 heterocycles. The number of hydrogen-bond acceptors (Lipinski definition) is 3. The van der Waals surface area contributed by atoms with Crippen LogP contribution in [0.1, 0.15) is 43.4 Å². The van der Waals surface area contributed by atoms with Crippen molar-refractivity contribution in [1.29, 1.82) is 0 Å². The number of rotatable bonds is 7. The second-order valence-electron chi connectivity index (χ2n) is 7.52. The van der Waals surface area contributed by atoms with Gasteiger partial charge in [0.25, 0.3) is 0 Å². The van der Waals surface area contributed by atoms with Crippen molar-refractivity contribution >= 4 is 17.6 Å². The van der Waals surface area contributed by atoms with Crippen LogP contribution >= 0.6 is 11.6 Å². The van der Waals surface area contributed by atoms with Crippen molar-refractivity contribution in [2.75, 3.05) is 0 Å². The fourth-order valence-electron chi connectivity index (χ4n) is 3.34. The molecule has 1 aliphatic heterocycles. The fourth-order valence-corrected chi connectivity index (χ4v) is 3.60. The average Bonchev–Trinajstić information content (AvgIpc) is 2.87. The van der Waals surface area contributed by atoms with E-state index < -0.39 is 23.4 Å². The van der Waals surface area contributed by atoms with E-state index in [1.54, 1.807) is 6.07 Å². The zero-order valence-electron chi connectivity index (χ0n) is 15.7. The third-order valence-electron chi connectivity index (χ3n) is 4.49. The Kier molecular flexibility index (Phi) is 5.79. The van der Waals surface area contributed by atoms with Crippen molar-refractivity contribution in [3.05, 3.63) is 57.6 Å². The first-order valence-corrected chi connectivity index (χ1v) is 9.35. The molecule has 0 saturated heterocycles. The third kappa shape index (κ3) is 4.73. The standard InChI is InChI=1S/C21H21ClF2O4/c1-21(2)10-13-8-15(22)9-14(19(13)28-21)11-27-20-16(23)6-12(7-17(20)24)4-3-5-18(25)26/h6-9H,3-5,10-11H2,1-2H3,(H,25,26). The van der Waals surface area contributed by atoms with E-state index in [0.29, 0.717) is 34.7 Å². The molecule has 0 atom stereocenters. The van der Waals surface area contributed by atoms with Gasteiger partial charge in [-0.3, -0.25) is 4.79 Å². The molecule has 0 aliphatic carbocycles. The molecule has 28 heavy (non-hydrogen) atoms. The van der Waals surface area contributed by atoms with E-state index >= 15 is 0 Å². The van der Waals surface area contributed by atoms with Crippen LogP contribution in [0, 0.1) is 11.6 Å². The highest BCUT2D eigenvalue weighted by Crippen LogP contribution is 2.40. The lowest BCUT2D eigenvalue weighted by Gasteiger charge is -2.18. The van der Waals surface area contributed by atoms with Crippen LogP contribution in [0.4, 0.5) is 8.78 Å². The Morgan fingerprint density at radius 3 is 2.57 bits per heavy atom. The molecule has 1 N–H and O–H groups in total. The number of halogens is 3. The van der Waals surface area contributed by atoms with E-state index in [4.69, 9.17) is 26.2 Å². The van der Waals surface area contributed by atoms with Gasteiger partial charge in [0.05, 0.1) is 0 Å². The van der Waals surface area contributed by atoms with E-state index in [1.165, 1.54) is 12.1 Å². The van der Waals surface area contributed by atoms with Crippen LogP contribution < -0.4 is 9.47 Å². The Hall–Kier alpha value is -2.34. The number of carboxylic acid groups (broad SMARTS) is 1. The molecule has 0 aromatic heterocycles. The molecule has 2 aromatic carbocycles. The number of ether oxygens (including phenoxy) is 2. The molecule has 7 heteroatoms. The van der Waals surface area contributed by atoms with Crippen molar-refractivity contribution in [3.8, 4) is 11.5 Å². The Balaban J connectivity index is 1.75. The molecule has 4 nitrogen and oxygen atoms in total. The van der Waals surface area contributed by atoms with E-state index in [9.17, 15) is 13.6 Å². The molecule has 2 aromatic rings. The SMILES string of the molecule is CC1(C)Cc2cc(Cl)cc(COc3c(F)cc(CCCC(=O)O)cc3F)c2O1. The largest absolute Gasteiger partial charge is 0.487 e. The topological polar surface area (TPSA) is 55.8 Å². The van der Waals surface area contributed by atoms with Crippen molar-refractivity contribution in [2.45, 2.75) is 51.7 Å². The Labute approximate surface area is 167 Å². The second kappa shape index (κ2) is 7.95. The molecule has 0 saturated carbocycles. The van der Waals surface area contributed by atoms with Gasteiger partial charge in [-0.2, -0.15) is 0 Å². The summed E-state index contributed by atoms with van der Waals surface area (Å²) in [4.78, 5) is 10.6. The summed E-state index contributed by atoms with van der Waals surface area (Å²) >= 11 is 6.16. The van der Waals surface area contributed by atoms with Crippen LogP contribution in [-0.2, 0) is 24.2 Å². The average molecular weight is 411 g/mol. The van der Waals surface area contributed by atoms with Crippen molar-refractivity contribution < 1.29 is 28.2 Å². The predicted octanol–water partition coefficient (Wildman–Crippen LogP) is 5.32. The highest BCUT2D eigenvalue weighted by Gasteiger charge is 2.32. The summed E-state index contributed by atoms with van der Waals surface area (Å²) < 4.78 is 40.0. The lowest BCUT2D eigenvalue weighted by Crippen LogP contribution is -2.25. The number of benzene rings is 2. The number of carbonyl (C=O) groups is 1. The van der Waals surface area contributed by atoms with Crippen LogP contribution in [0.5, 0.6) is 11.5 Å². The van der Waals surface area contributed by atoms with E-state index in [0.717, 1.165) is 5.56 Å². The summed E-state index contributed by atoms with van der Waals surface area (Å²) in [6, 6.07) is 5.82. The first-order valence-electron chi connectivity index (χ1n) is 8.97. The first kappa shape index (κ1) is 20.4.